The Balaban J connectivity index is 1.56. The van der Waals surface area contributed by atoms with Crippen molar-refractivity contribution in [1.29, 1.82) is 0 Å². The molecule has 4 heterocycles. The molecule has 6 aromatic rings. The summed E-state index contributed by atoms with van der Waals surface area (Å²) in [5.74, 6) is 0. The lowest BCUT2D eigenvalue weighted by Gasteiger charge is -2.41. The first-order valence-electron chi connectivity index (χ1n) is 10.9. The van der Waals surface area contributed by atoms with Crippen molar-refractivity contribution in [2.75, 3.05) is 4.90 Å². The molecule has 0 radical (unpaired) electrons. The molecule has 5 nitrogen and oxygen atoms in total. The first-order valence-corrected chi connectivity index (χ1v) is 13.9. The first-order chi connectivity index (χ1) is 15.6. The molecule has 0 saturated carbocycles. The number of benzene rings is 3. The minimum Gasteiger partial charge on any atom is -0.311 e. The molecule has 32 heavy (non-hydrogen) atoms. The van der Waals surface area contributed by atoms with Gasteiger partial charge in [-0.25, -0.2) is 9.97 Å². The molecule has 0 N–H and O–H groups in total. The standard InChI is InChI=1S/C26H21N5Si/c1-32(2)23-9-5-3-7-20(23)31(21-8-4-6-10-24(21)32)18-11-12-19-22(17-18)30-16-14-28-26(30)25-27-13-15-29(19)25/h3-17H,1-2H3. The lowest BCUT2D eigenvalue weighted by molar-refractivity contribution is 1.17. The van der Waals surface area contributed by atoms with Crippen LogP contribution in [-0.4, -0.2) is 26.8 Å². The van der Waals surface area contributed by atoms with Gasteiger partial charge in [-0.05, 0) is 40.7 Å². The predicted molar refractivity (Wildman–Crippen MR) is 133 cm³/mol. The van der Waals surface area contributed by atoms with Crippen LogP contribution in [0.2, 0.25) is 13.1 Å². The predicted octanol–water partition coefficient (Wildman–Crippen LogP) is 4.74. The van der Waals surface area contributed by atoms with E-state index >= 15 is 0 Å². The van der Waals surface area contributed by atoms with Gasteiger partial charge in [0, 0.05) is 41.8 Å². The number of anilines is 3. The summed E-state index contributed by atoms with van der Waals surface area (Å²) in [6, 6.07) is 24.5. The molecular formula is C26H21N5Si. The van der Waals surface area contributed by atoms with Crippen molar-refractivity contribution in [3.05, 3.63) is 91.5 Å². The quantitative estimate of drug-likeness (QED) is 0.353. The average Bonchev–Trinajstić information content (AvgIpc) is 3.49. The summed E-state index contributed by atoms with van der Waals surface area (Å²) >= 11 is 0. The van der Waals surface area contributed by atoms with Crippen LogP contribution in [-0.2, 0) is 0 Å². The van der Waals surface area contributed by atoms with Crippen LogP contribution in [0.5, 0.6) is 0 Å². The SMILES string of the molecule is C[Si]1(C)c2ccccc2N(c2ccc3c(c2)n2ccnc2c2nccn32)c2ccccc21. The molecule has 1 aliphatic heterocycles. The van der Waals surface area contributed by atoms with E-state index in [4.69, 9.17) is 0 Å². The lowest BCUT2D eigenvalue weighted by Crippen LogP contribution is -2.58. The number of para-hydroxylation sites is 2. The molecule has 0 aliphatic carbocycles. The van der Waals surface area contributed by atoms with Crippen molar-refractivity contribution < 1.29 is 0 Å². The highest BCUT2D eigenvalue weighted by molar-refractivity contribution is 7.02. The topological polar surface area (TPSA) is 37.8 Å². The van der Waals surface area contributed by atoms with Crippen molar-refractivity contribution in [3.8, 4) is 0 Å². The summed E-state index contributed by atoms with van der Waals surface area (Å²) in [6.07, 6.45) is 7.70. The summed E-state index contributed by atoms with van der Waals surface area (Å²) in [6.45, 7) is 4.90. The first kappa shape index (κ1) is 17.7. The Labute approximate surface area is 186 Å². The Kier molecular flexibility index (Phi) is 3.37. The van der Waals surface area contributed by atoms with Gasteiger partial charge in [-0.2, -0.15) is 0 Å². The smallest absolute Gasteiger partial charge is 0.181 e. The Hall–Kier alpha value is -3.90. The maximum Gasteiger partial charge on any atom is 0.181 e. The van der Waals surface area contributed by atoms with Crippen molar-refractivity contribution in [1.82, 2.24) is 18.8 Å². The number of rotatable bonds is 1. The van der Waals surface area contributed by atoms with Gasteiger partial charge in [-0.15, -0.1) is 0 Å². The van der Waals surface area contributed by atoms with E-state index in [1.807, 2.05) is 24.8 Å². The molecule has 6 heteroatoms. The molecule has 0 fully saturated rings. The Morgan fingerprint density at radius 1 is 0.656 bits per heavy atom. The van der Waals surface area contributed by atoms with Gasteiger partial charge in [0.15, 0.2) is 11.3 Å². The van der Waals surface area contributed by atoms with Crippen LogP contribution >= 0.6 is 0 Å². The second kappa shape index (κ2) is 6.08. The minimum atomic E-state index is -1.79. The monoisotopic (exact) mass is 431 g/mol. The van der Waals surface area contributed by atoms with Crippen molar-refractivity contribution in [2.24, 2.45) is 0 Å². The van der Waals surface area contributed by atoms with Crippen LogP contribution < -0.4 is 15.3 Å². The van der Waals surface area contributed by atoms with Gasteiger partial charge in [0.1, 0.15) is 8.07 Å². The van der Waals surface area contributed by atoms with Gasteiger partial charge >= 0.3 is 0 Å². The van der Waals surface area contributed by atoms with E-state index in [0.29, 0.717) is 0 Å². The molecule has 3 aromatic heterocycles. The summed E-state index contributed by atoms with van der Waals surface area (Å²) < 4.78 is 4.26. The zero-order chi connectivity index (χ0) is 21.4. The minimum absolute atomic E-state index is 0.868. The molecule has 0 amide bonds. The third-order valence-corrected chi connectivity index (χ3v) is 10.4. The zero-order valence-electron chi connectivity index (χ0n) is 17.9. The molecule has 0 unspecified atom stereocenters. The summed E-state index contributed by atoms with van der Waals surface area (Å²) in [5, 5.41) is 2.94. The summed E-state index contributed by atoms with van der Waals surface area (Å²) in [7, 11) is -1.79. The number of hydrogen-bond acceptors (Lipinski definition) is 3. The number of imidazole rings is 2. The number of aromatic nitrogens is 4. The van der Waals surface area contributed by atoms with E-state index < -0.39 is 8.07 Å². The van der Waals surface area contributed by atoms with Crippen molar-refractivity contribution in [3.63, 3.8) is 0 Å². The van der Waals surface area contributed by atoms with E-state index in [1.165, 1.54) is 21.7 Å². The highest BCUT2D eigenvalue weighted by atomic mass is 28.3. The Bertz CT molecular complexity index is 1630. The second-order valence-electron chi connectivity index (χ2n) is 8.91. The summed E-state index contributed by atoms with van der Waals surface area (Å²) in [5.41, 5.74) is 7.68. The largest absolute Gasteiger partial charge is 0.311 e. The van der Waals surface area contributed by atoms with E-state index in [-0.39, 0.29) is 0 Å². The van der Waals surface area contributed by atoms with Crippen LogP contribution in [0.25, 0.3) is 22.3 Å². The van der Waals surface area contributed by atoms with Gasteiger partial charge in [0.2, 0.25) is 0 Å². The van der Waals surface area contributed by atoms with Crippen LogP contribution in [0.4, 0.5) is 17.1 Å². The highest BCUT2D eigenvalue weighted by Gasteiger charge is 2.38. The fourth-order valence-electron chi connectivity index (χ4n) is 5.32. The summed E-state index contributed by atoms with van der Waals surface area (Å²) in [4.78, 5) is 11.5. The van der Waals surface area contributed by atoms with Crippen LogP contribution in [0.15, 0.2) is 91.5 Å². The maximum atomic E-state index is 4.57. The van der Waals surface area contributed by atoms with Gasteiger partial charge in [-0.1, -0.05) is 49.5 Å². The number of nitrogens with zero attached hydrogens (tertiary/aromatic N) is 5. The second-order valence-corrected chi connectivity index (χ2v) is 13.2. The molecule has 0 saturated heterocycles. The van der Waals surface area contributed by atoms with E-state index in [0.717, 1.165) is 28.0 Å². The van der Waals surface area contributed by atoms with Crippen LogP contribution in [0.3, 0.4) is 0 Å². The maximum absolute atomic E-state index is 4.57. The average molecular weight is 432 g/mol. The van der Waals surface area contributed by atoms with E-state index in [2.05, 4.69) is 103 Å². The van der Waals surface area contributed by atoms with Crippen molar-refractivity contribution in [2.45, 2.75) is 13.1 Å². The van der Waals surface area contributed by atoms with Gasteiger partial charge in [-0.3, -0.25) is 8.80 Å². The zero-order valence-corrected chi connectivity index (χ0v) is 18.9. The third kappa shape index (κ3) is 2.17. The molecule has 3 aromatic carbocycles. The van der Waals surface area contributed by atoms with Gasteiger partial charge < -0.3 is 4.90 Å². The Morgan fingerprint density at radius 3 is 1.84 bits per heavy atom. The number of hydrogen-bond donors (Lipinski definition) is 0. The van der Waals surface area contributed by atoms with Gasteiger partial charge in [0.25, 0.3) is 0 Å². The molecule has 0 spiro atoms. The molecule has 1 aliphatic rings. The normalized spacial score (nSPS) is 14.8. The third-order valence-electron chi connectivity index (χ3n) is 6.85. The molecule has 0 atom stereocenters. The van der Waals surface area contributed by atoms with Crippen LogP contribution in [0, 0.1) is 0 Å². The Morgan fingerprint density at radius 2 is 1.22 bits per heavy atom. The molecular weight excluding hydrogens is 410 g/mol. The molecule has 154 valence electrons. The molecule has 7 rings (SSSR count). The van der Waals surface area contributed by atoms with Crippen molar-refractivity contribution >= 4 is 57.8 Å². The van der Waals surface area contributed by atoms with E-state index in [1.54, 1.807) is 0 Å². The highest BCUT2D eigenvalue weighted by Crippen LogP contribution is 2.39. The lowest BCUT2D eigenvalue weighted by atomic mass is 10.1. The van der Waals surface area contributed by atoms with E-state index in [9.17, 15) is 0 Å². The fraction of sp³-hybridized carbons (Fsp3) is 0.0769. The fourth-order valence-corrected chi connectivity index (χ4v) is 8.31. The molecule has 0 bridgehead atoms. The van der Waals surface area contributed by atoms with Crippen LogP contribution in [0.1, 0.15) is 0 Å². The number of fused-ring (bicyclic) bond motifs is 8. The van der Waals surface area contributed by atoms with Gasteiger partial charge in [0.05, 0.1) is 11.0 Å².